The molecule has 178 valence electrons. The molecule has 11 nitrogen and oxygen atoms in total. The summed E-state index contributed by atoms with van der Waals surface area (Å²) < 4.78 is 21.7. The highest BCUT2D eigenvalue weighted by molar-refractivity contribution is 6.14. The van der Waals surface area contributed by atoms with Crippen molar-refractivity contribution in [2.75, 3.05) is 20.8 Å². The SMILES string of the molecule is COc1cccc(/C=C2\Oc3cc(OCC(=O)N[C@H](CC(N)=O)C(=O)O)ccc3C2=O)c1OC. The van der Waals surface area contributed by atoms with E-state index in [1.54, 1.807) is 18.2 Å². The van der Waals surface area contributed by atoms with Crippen LogP contribution in [0.2, 0.25) is 0 Å². The highest BCUT2D eigenvalue weighted by atomic mass is 16.5. The minimum atomic E-state index is -1.46. The molecule has 0 aromatic heterocycles. The maximum absolute atomic E-state index is 12.7. The average molecular weight is 470 g/mol. The summed E-state index contributed by atoms with van der Waals surface area (Å²) in [7, 11) is 2.99. The Kier molecular flexibility index (Phi) is 7.36. The number of fused-ring (bicyclic) bond motifs is 1. The lowest BCUT2D eigenvalue weighted by atomic mass is 10.1. The fourth-order valence-electron chi connectivity index (χ4n) is 3.21. The van der Waals surface area contributed by atoms with E-state index in [9.17, 15) is 19.2 Å². The summed E-state index contributed by atoms with van der Waals surface area (Å²) in [6, 6.07) is 8.14. The normalized spacial score (nSPS) is 14.1. The Balaban J connectivity index is 1.70. The molecule has 3 rings (SSSR count). The van der Waals surface area contributed by atoms with Gasteiger partial charge in [-0.3, -0.25) is 14.4 Å². The van der Waals surface area contributed by atoms with Gasteiger partial charge in [-0.1, -0.05) is 12.1 Å². The first-order chi connectivity index (χ1) is 16.2. The number of primary amides is 1. The Bertz CT molecular complexity index is 1170. The van der Waals surface area contributed by atoms with Gasteiger partial charge in [-0.05, 0) is 24.3 Å². The topological polar surface area (TPSA) is 163 Å². The summed E-state index contributed by atoms with van der Waals surface area (Å²) in [4.78, 5) is 46.8. The van der Waals surface area contributed by atoms with Crippen LogP contribution in [0.5, 0.6) is 23.0 Å². The summed E-state index contributed by atoms with van der Waals surface area (Å²) in [5.41, 5.74) is 5.86. The van der Waals surface area contributed by atoms with Gasteiger partial charge in [0.05, 0.1) is 26.2 Å². The third kappa shape index (κ3) is 5.44. The highest BCUT2D eigenvalue weighted by Gasteiger charge is 2.28. The molecule has 2 aromatic carbocycles. The molecule has 4 N–H and O–H groups in total. The Morgan fingerprint density at radius 2 is 1.94 bits per heavy atom. The zero-order valence-corrected chi connectivity index (χ0v) is 18.3. The maximum Gasteiger partial charge on any atom is 0.326 e. The summed E-state index contributed by atoms with van der Waals surface area (Å²) in [5.74, 6) is -1.94. The molecule has 1 heterocycles. The smallest absolute Gasteiger partial charge is 0.326 e. The number of para-hydroxylation sites is 1. The van der Waals surface area contributed by atoms with E-state index < -0.39 is 36.9 Å². The number of carboxylic acids is 1. The van der Waals surface area contributed by atoms with E-state index in [0.29, 0.717) is 22.6 Å². The second kappa shape index (κ2) is 10.4. The van der Waals surface area contributed by atoms with Gasteiger partial charge in [0.2, 0.25) is 11.7 Å². The molecular formula is C23H22N2O9. The van der Waals surface area contributed by atoms with Crippen LogP contribution >= 0.6 is 0 Å². The average Bonchev–Trinajstić information content (AvgIpc) is 3.11. The van der Waals surface area contributed by atoms with E-state index in [2.05, 4.69) is 5.32 Å². The van der Waals surface area contributed by atoms with Gasteiger partial charge in [0.25, 0.3) is 5.91 Å². The number of ketones is 1. The molecule has 1 aliphatic rings. The van der Waals surface area contributed by atoms with Crippen molar-refractivity contribution in [3.63, 3.8) is 0 Å². The number of carboxylic acid groups (broad SMARTS) is 1. The van der Waals surface area contributed by atoms with Crippen LogP contribution in [-0.2, 0) is 14.4 Å². The van der Waals surface area contributed by atoms with E-state index in [4.69, 9.17) is 29.8 Å². The Hall–Kier alpha value is -4.54. The second-order valence-electron chi connectivity index (χ2n) is 7.10. The number of aliphatic carboxylic acids is 1. The minimum Gasteiger partial charge on any atom is -0.493 e. The van der Waals surface area contributed by atoms with Crippen LogP contribution in [0.15, 0.2) is 42.2 Å². The first-order valence-corrected chi connectivity index (χ1v) is 9.96. The van der Waals surface area contributed by atoms with Gasteiger partial charge in [-0.2, -0.15) is 0 Å². The number of carbonyl (C=O) groups is 4. The molecule has 0 spiro atoms. The van der Waals surface area contributed by atoms with Gasteiger partial charge < -0.3 is 35.1 Å². The van der Waals surface area contributed by atoms with Crippen LogP contribution in [0.25, 0.3) is 6.08 Å². The fourth-order valence-corrected chi connectivity index (χ4v) is 3.21. The van der Waals surface area contributed by atoms with Crippen molar-refractivity contribution in [3.05, 3.63) is 53.3 Å². The molecule has 11 heteroatoms. The van der Waals surface area contributed by atoms with Gasteiger partial charge in [0, 0.05) is 11.6 Å². The van der Waals surface area contributed by atoms with E-state index in [-0.39, 0.29) is 23.0 Å². The lowest BCUT2D eigenvalue weighted by Gasteiger charge is -2.13. The van der Waals surface area contributed by atoms with Crippen molar-refractivity contribution < 1.29 is 43.2 Å². The minimum absolute atomic E-state index is 0.0622. The Morgan fingerprint density at radius 1 is 1.18 bits per heavy atom. The first kappa shape index (κ1) is 24.1. The van der Waals surface area contributed by atoms with E-state index in [1.807, 2.05) is 0 Å². The lowest BCUT2D eigenvalue weighted by Crippen LogP contribution is -2.45. The standard InChI is InChI=1S/C23H22N2O9/c1-31-16-5-3-4-12(22(16)32-2)8-18-21(28)14-7-6-13(9-17(14)34-18)33-11-20(27)25-15(23(29)30)10-19(24)26/h3-9,15H,10-11H2,1-2H3,(H2,24,26)(H,25,27)(H,29,30)/b18-8-/t15-/m1/s1. The van der Waals surface area contributed by atoms with Crippen LogP contribution in [0.4, 0.5) is 0 Å². The quantitative estimate of drug-likeness (QED) is 0.432. The van der Waals surface area contributed by atoms with Crippen molar-refractivity contribution in [3.8, 4) is 23.0 Å². The number of benzene rings is 2. The molecular weight excluding hydrogens is 448 g/mol. The maximum atomic E-state index is 12.7. The largest absolute Gasteiger partial charge is 0.493 e. The van der Waals surface area contributed by atoms with Crippen LogP contribution < -0.4 is 30.0 Å². The number of methoxy groups -OCH3 is 2. The predicted molar refractivity (Wildman–Crippen MR) is 118 cm³/mol. The van der Waals surface area contributed by atoms with Crippen LogP contribution in [0.1, 0.15) is 22.3 Å². The van der Waals surface area contributed by atoms with Crippen molar-refractivity contribution in [2.45, 2.75) is 12.5 Å². The van der Waals surface area contributed by atoms with Crippen LogP contribution in [0, 0.1) is 0 Å². The number of ether oxygens (including phenoxy) is 4. The third-order valence-corrected chi connectivity index (χ3v) is 4.77. The van der Waals surface area contributed by atoms with Crippen molar-refractivity contribution in [2.24, 2.45) is 5.73 Å². The van der Waals surface area contributed by atoms with E-state index in [0.717, 1.165) is 0 Å². The Morgan fingerprint density at radius 3 is 2.59 bits per heavy atom. The lowest BCUT2D eigenvalue weighted by molar-refractivity contribution is -0.143. The zero-order chi connectivity index (χ0) is 24.8. The number of hydrogen-bond acceptors (Lipinski definition) is 8. The summed E-state index contributed by atoms with van der Waals surface area (Å²) in [5, 5.41) is 11.2. The number of allylic oxidation sites excluding steroid dienone is 1. The molecule has 0 saturated heterocycles. The molecule has 0 radical (unpaired) electrons. The molecule has 0 saturated carbocycles. The fraction of sp³-hybridized carbons (Fsp3) is 0.217. The molecule has 2 amide bonds. The summed E-state index contributed by atoms with van der Waals surface area (Å²) in [6.07, 6.45) is 0.978. The molecule has 0 fully saturated rings. The predicted octanol–water partition coefficient (Wildman–Crippen LogP) is 1.14. The molecule has 34 heavy (non-hydrogen) atoms. The summed E-state index contributed by atoms with van der Waals surface area (Å²) in [6.45, 7) is -0.529. The van der Waals surface area contributed by atoms with Gasteiger partial charge in [-0.15, -0.1) is 0 Å². The molecule has 0 bridgehead atoms. The number of nitrogens with one attached hydrogen (secondary N) is 1. The van der Waals surface area contributed by atoms with Crippen LogP contribution in [-0.4, -0.2) is 55.5 Å². The van der Waals surface area contributed by atoms with Gasteiger partial charge in [-0.25, -0.2) is 4.79 Å². The second-order valence-corrected chi connectivity index (χ2v) is 7.10. The van der Waals surface area contributed by atoms with Crippen molar-refractivity contribution in [1.82, 2.24) is 5.32 Å². The van der Waals surface area contributed by atoms with Crippen LogP contribution in [0.3, 0.4) is 0 Å². The van der Waals surface area contributed by atoms with Crippen molar-refractivity contribution >= 4 is 29.6 Å². The Labute approximate surface area is 194 Å². The number of nitrogens with two attached hydrogens (primary N) is 1. The number of carbonyl (C=O) groups excluding carboxylic acids is 3. The molecule has 0 unspecified atom stereocenters. The third-order valence-electron chi connectivity index (χ3n) is 4.77. The first-order valence-electron chi connectivity index (χ1n) is 9.96. The number of rotatable bonds is 10. The van der Waals surface area contributed by atoms with E-state index in [1.165, 1.54) is 38.5 Å². The molecule has 1 aliphatic heterocycles. The highest BCUT2D eigenvalue weighted by Crippen LogP contribution is 2.37. The monoisotopic (exact) mass is 470 g/mol. The number of Topliss-reactive ketones (excluding diaryl/α,β-unsaturated/α-hetero) is 1. The van der Waals surface area contributed by atoms with Crippen molar-refractivity contribution in [1.29, 1.82) is 0 Å². The van der Waals surface area contributed by atoms with Gasteiger partial charge in [0.1, 0.15) is 17.5 Å². The molecule has 1 atom stereocenters. The number of amides is 2. The van der Waals surface area contributed by atoms with E-state index >= 15 is 0 Å². The molecule has 0 aliphatic carbocycles. The zero-order valence-electron chi connectivity index (χ0n) is 18.3. The van der Waals surface area contributed by atoms with Gasteiger partial charge in [0.15, 0.2) is 23.9 Å². The molecule has 2 aromatic rings. The summed E-state index contributed by atoms with van der Waals surface area (Å²) >= 11 is 0. The van der Waals surface area contributed by atoms with Gasteiger partial charge >= 0.3 is 5.97 Å². The number of hydrogen-bond donors (Lipinski definition) is 3.